The fourth-order valence-corrected chi connectivity index (χ4v) is 0.545. The van der Waals surface area contributed by atoms with E-state index in [1.807, 2.05) is 13.8 Å². The Labute approximate surface area is 74.7 Å². The molecule has 10 heavy (non-hydrogen) atoms. The number of alkyl halides is 1. The van der Waals surface area contributed by atoms with Gasteiger partial charge >= 0.3 is 5.97 Å². The zero-order chi connectivity index (χ0) is 8.20. The molecule has 1 N–H and O–H groups in total. The van der Waals surface area contributed by atoms with E-state index in [2.05, 4.69) is 32.6 Å². The first-order valence-corrected chi connectivity index (χ1v) is 4.04. The van der Waals surface area contributed by atoms with E-state index in [4.69, 9.17) is 0 Å². The molecule has 0 aromatic rings. The zero-order valence-corrected chi connectivity index (χ0v) is 8.56. The number of hydrogen-bond donors (Lipinski definition) is 1. The molecule has 0 amide bonds. The standard InChI is InChI=1S/C6H12INO2/c1-6(2,7)8-4-5(9)10-3/h8H,4H2,1-3H3. The highest BCUT2D eigenvalue weighted by Crippen LogP contribution is 2.10. The molecule has 0 rings (SSSR count). The largest absolute Gasteiger partial charge is 0.468 e. The first-order chi connectivity index (χ1) is 4.45. The number of nitrogens with one attached hydrogen (secondary N) is 1. The maximum atomic E-state index is 10.6. The van der Waals surface area contributed by atoms with Crippen LogP contribution in [0.3, 0.4) is 0 Å². The van der Waals surface area contributed by atoms with Crippen LogP contribution in [0.5, 0.6) is 0 Å². The lowest BCUT2D eigenvalue weighted by Gasteiger charge is -2.16. The van der Waals surface area contributed by atoms with Gasteiger partial charge in [-0.05, 0) is 13.8 Å². The van der Waals surface area contributed by atoms with Gasteiger partial charge in [-0.15, -0.1) is 0 Å². The second kappa shape index (κ2) is 4.12. The van der Waals surface area contributed by atoms with E-state index in [0.29, 0.717) is 0 Å². The van der Waals surface area contributed by atoms with Crippen molar-refractivity contribution in [2.24, 2.45) is 0 Å². The van der Waals surface area contributed by atoms with Crippen LogP contribution in [0.1, 0.15) is 13.8 Å². The lowest BCUT2D eigenvalue weighted by Crippen LogP contribution is -2.37. The highest BCUT2D eigenvalue weighted by atomic mass is 127. The van der Waals surface area contributed by atoms with E-state index in [-0.39, 0.29) is 16.1 Å². The van der Waals surface area contributed by atoms with Crippen molar-refractivity contribution < 1.29 is 9.53 Å². The van der Waals surface area contributed by atoms with Gasteiger partial charge in [0.15, 0.2) is 0 Å². The van der Waals surface area contributed by atoms with Crippen molar-refractivity contribution in [3.63, 3.8) is 0 Å². The van der Waals surface area contributed by atoms with Crippen LogP contribution in [0.4, 0.5) is 0 Å². The van der Waals surface area contributed by atoms with Crippen LogP contribution in [-0.4, -0.2) is 23.2 Å². The minimum absolute atomic E-state index is 0.0497. The molecule has 0 bridgehead atoms. The molecular weight excluding hydrogens is 245 g/mol. The van der Waals surface area contributed by atoms with Gasteiger partial charge in [0, 0.05) is 0 Å². The molecule has 0 aliphatic heterocycles. The molecule has 0 atom stereocenters. The summed E-state index contributed by atoms with van der Waals surface area (Å²) in [6.07, 6.45) is 0. The molecule has 0 radical (unpaired) electrons. The Morgan fingerprint density at radius 1 is 1.70 bits per heavy atom. The summed E-state index contributed by atoms with van der Waals surface area (Å²) in [5, 5.41) is 2.98. The number of carbonyl (C=O) groups is 1. The third kappa shape index (κ3) is 6.28. The van der Waals surface area contributed by atoms with Crippen molar-refractivity contribution in [2.75, 3.05) is 13.7 Å². The molecule has 0 aromatic carbocycles. The normalized spacial score (nSPS) is 11.2. The molecule has 4 heteroatoms. The van der Waals surface area contributed by atoms with Gasteiger partial charge in [-0.25, -0.2) is 0 Å². The molecule has 60 valence electrons. The van der Waals surface area contributed by atoms with Crippen molar-refractivity contribution in [3.05, 3.63) is 0 Å². The Kier molecular flexibility index (Phi) is 4.19. The van der Waals surface area contributed by atoms with Crippen molar-refractivity contribution in [1.82, 2.24) is 5.32 Å². The van der Waals surface area contributed by atoms with Crippen LogP contribution < -0.4 is 5.32 Å². The van der Waals surface area contributed by atoms with Gasteiger partial charge in [0.1, 0.15) is 0 Å². The van der Waals surface area contributed by atoms with Crippen LogP contribution in [-0.2, 0) is 9.53 Å². The Morgan fingerprint density at radius 3 is 2.50 bits per heavy atom. The lowest BCUT2D eigenvalue weighted by atomic mass is 10.4. The summed E-state index contributed by atoms with van der Waals surface area (Å²) in [6.45, 7) is 4.24. The van der Waals surface area contributed by atoms with Gasteiger partial charge in [-0.2, -0.15) is 0 Å². The summed E-state index contributed by atoms with van der Waals surface area (Å²) >= 11 is 2.21. The summed E-state index contributed by atoms with van der Waals surface area (Å²) in [5.41, 5.74) is 0. The van der Waals surface area contributed by atoms with Crippen molar-refractivity contribution in [2.45, 2.75) is 17.4 Å². The monoisotopic (exact) mass is 257 g/mol. The molecular formula is C6H12INO2. The van der Waals surface area contributed by atoms with Gasteiger partial charge < -0.3 is 4.74 Å². The molecule has 0 saturated heterocycles. The van der Waals surface area contributed by atoms with E-state index in [9.17, 15) is 4.79 Å². The molecule has 0 fully saturated rings. The summed E-state index contributed by atoms with van der Waals surface area (Å²) in [7, 11) is 1.38. The fourth-order valence-electron chi connectivity index (χ4n) is 0.355. The molecule has 0 heterocycles. The number of hydrogen-bond acceptors (Lipinski definition) is 3. The minimum Gasteiger partial charge on any atom is -0.468 e. The Hall–Kier alpha value is 0.160. The molecule has 0 unspecified atom stereocenters. The Bertz CT molecular complexity index is 119. The third-order valence-electron chi connectivity index (χ3n) is 0.881. The number of esters is 1. The van der Waals surface area contributed by atoms with E-state index in [1.165, 1.54) is 7.11 Å². The van der Waals surface area contributed by atoms with Crippen LogP contribution in [0.25, 0.3) is 0 Å². The SMILES string of the molecule is COC(=O)CNC(C)(C)I. The number of halogens is 1. The summed E-state index contributed by atoms with van der Waals surface area (Å²) in [6, 6.07) is 0. The van der Waals surface area contributed by atoms with Gasteiger partial charge in [-0.3, -0.25) is 10.1 Å². The lowest BCUT2D eigenvalue weighted by molar-refractivity contribution is -0.139. The average Bonchev–Trinajstić information content (AvgIpc) is 1.81. The second-order valence-electron chi connectivity index (χ2n) is 2.40. The maximum Gasteiger partial charge on any atom is 0.319 e. The average molecular weight is 257 g/mol. The van der Waals surface area contributed by atoms with Gasteiger partial charge in [0.25, 0.3) is 0 Å². The molecule has 3 nitrogen and oxygen atoms in total. The number of carbonyl (C=O) groups excluding carboxylic acids is 1. The first kappa shape index (κ1) is 10.2. The van der Waals surface area contributed by atoms with Crippen molar-refractivity contribution in [1.29, 1.82) is 0 Å². The predicted molar refractivity (Wildman–Crippen MR) is 48.1 cm³/mol. The Balaban J connectivity index is 3.46. The molecule has 0 saturated carbocycles. The van der Waals surface area contributed by atoms with Gasteiger partial charge in [0.2, 0.25) is 0 Å². The summed E-state index contributed by atoms with van der Waals surface area (Å²) in [5.74, 6) is -0.232. The molecule has 0 aliphatic carbocycles. The van der Waals surface area contributed by atoms with E-state index in [1.54, 1.807) is 0 Å². The van der Waals surface area contributed by atoms with Crippen LogP contribution >= 0.6 is 22.6 Å². The molecule has 0 spiro atoms. The zero-order valence-electron chi connectivity index (χ0n) is 6.40. The Morgan fingerprint density at radius 2 is 2.20 bits per heavy atom. The van der Waals surface area contributed by atoms with Crippen molar-refractivity contribution >= 4 is 28.6 Å². The van der Waals surface area contributed by atoms with Crippen LogP contribution in [0, 0.1) is 0 Å². The highest BCUT2D eigenvalue weighted by molar-refractivity contribution is 14.1. The number of methoxy groups -OCH3 is 1. The topological polar surface area (TPSA) is 38.3 Å². The van der Waals surface area contributed by atoms with Gasteiger partial charge in [0.05, 0.1) is 17.2 Å². The third-order valence-corrected chi connectivity index (χ3v) is 1.26. The number of ether oxygens (including phenoxy) is 1. The van der Waals surface area contributed by atoms with Crippen LogP contribution in [0.2, 0.25) is 0 Å². The van der Waals surface area contributed by atoms with Crippen LogP contribution in [0.15, 0.2) is 0 Å². The highest BCUT2D eigenvalue weighted by Gasteiger charge is 2.12. The maximum absolute atomic E-state index is 10.6. The second-order valence-corrected chi connectivity index (χ2v) is 5.10. The minimum atomic E-state index is -0.232. The molecule has 0 aromatic heterocycles. The quantitative estimate of drug-likeness (QED) is 0.353. The fraction of sp³-hybridized carbons (Fsp3) is 0.833. The summed E-state index contributed by atoms with van der Waals surface area (Å²) in [4.78, 5) is 10.6. The van der Waals surface area contributed by atoms with E-state index >= 15 is 0 Å². The van der Waals surface area contributed by atoms with Crippen molar-refractivity contribution in [3.8, 4) is 0 Å². The summed E-state index contributed by atoms with van der Waals surface area (Å²) < 4.78 is 4.39. The smallest absolute Gasteiger partial charge is 0.319 e. The number of rotatable bonds is 3. The first-order valence-electron chi connectivity index (χ1n) is 2.96. The molecule has 0 aliphatic rings. The van der Waals surface area contributed by atoms with E-state index in [0.717, 1.165) is 0 Å². The van der Waals surface area contributed by atoms with Gasteiger partial charge in [-0.1, -0.05) is 22.6 Å². The van der Waals surface area contributed by atoms with E-state index < -0.39 is 0 Å². The predicted octanol–water partition coefficient (Wildman–Crippen LogP) is 0.920.